The second kappa shape index (κ2) is 9.70. The van der Waals surface area contributed by atoms with Crippen molar-refractivity contribution >= 4 is 39.4 Å². The zero-order valence-corrected chi connectivity index (χ0v) is 17.4. The van der Waals surface area contributed by atoms with Crippen LogP contribution in [-0.2, 0) is 11.3 Å². The van der Waals surface area contributed by atoms with Crippen molar-refractivity contribution < 1.29 is 14.0 Å². The Morgan fingerprint density at radius 1 is 1.14 bits per heavy atom. The number of nitrogens with two attached hydrogens (primary N) is 1. The standard InChI is InChI=1S/C19H19BrN4O3S/c20-14-7-5-13(6-8-14)15(25)3-2-12-28-19-23-22-18(16-4-1-11-27-16)24(19)10-9-17(21)26/h1,4-8,11H,2-3,9-10,12H2,(H2,21,26). The van der Waals surface area contributed by atoms with Crippen molar-refractivity contribution in [1.29, 1.82) is 0 Å². The summed E-state index contributed by atoms with van der Waals surface area (Å²) >= 11 is 4.86. The van der Waals surface area contributed by atoms with Crippen LogP contribution in [0.25, 0.3) is 11.6 Å². The molecule has 28 heavy (non-hydrogen) atoms. The topological polar surface area (TPSA) is 104 Å². The Bertz CT molecular complexity index is 939. The van der Waals surface area contributed by atoms with Gasteiger partial charge in [0.15, 0.2) is 22.5 Å². The molecule has 7 nitrogen and oxygen atoms in total. The SMILES string of the molecule is NC(=O)CCn1c(SCCCC(=O)c2ccc(Br)cc2)nnc1-c1ccco1. The second-order valence-corrected chi connectivity index (χ2v) is 8.01. The quantitative estimate of drug-likeness (QED) is 0.278. The molecule has 0 fully saturated rings. The van der Waals surface area contributed by atoms with Gasteiger partial charge in [0.1, 0.15) is 0 Å². The number of furan rings is 1. The van der Waals surface area contributed by atoms with Crippen molar-refractivity contribution in [2.45, 2.75) is 31.0 Å². The molecule has 0 unspecified atom stereocenters. The predicted octanol–water partition coefficient (Wildman–Crippen LogP) is 3.93. The zero-order chi connectivity index (χ0) is 19.9. The largest absolute Gasteiger partial charge is 0.461 e. The van der Waals surface area contributed by atoms with E-state index in [0.29, 0.717) is 47.4 Å². The van der Waals surface area contributed by atoms with E-state index in [9.17, 15) is 9.59 Å². The van der Waals surface area contributed by atoms with Gasteiger partial charge in [-0.15, -0.1) is 10.2 Å². The minimum atomic E-state index is -0.393. The minimum absolute atomic E-state index is 0.111. The maximum absolute atomic E-state index is 12.2. The summed E-state index contributed by atoms with van der Waals surface area (Å²) in [5.41, 5.74) is 5.99. The molecule has 2 aromatic heterocycles. The van der Waals surface area contributed by atoms with Gasteiger partial charge in [0.25, 0.3) is 0 Å². The van der Waals surface area contributed by atoms with Gasteiger partial charge in [0.05, 0.1) is 6.26 Å². The van der Waals surface area contributed by atoms with Crippen molar-refractivity contribution in [2.75, 3.05) is 5.75 Å². The van der Waals surface area contributed by atoms with Crippen molar-refractivity contribution in [3.8, 4) is 11.6 Å². The first-order valence-corrected chi connectivity index (χ1v) is 10.5. The average molecular weight is 463 g/mol. The van der Waals surface area contributed by atoms with E-state index in [2.05, 4.69) is 26.1 Å². The van der Waals surface area contributed by atoms with Gasteiger partial charge in [0, 0.05) is 35.2 Å². The summed E-state index contributed by atoms with van der Waals surface area (Å²) in [6, 6.07) is 10.9. The number of ketones is 1. The van der Waals surface area contributed by atoms with Gasteiger partial charge in [-0.3, -0.25) is 14.2 Å². The summed E-state index contributed by atoms with van der Waals surface area (Å²) in [5, 5.41) is 9.06. The van der Waals surface area contributed by atoms with Crippen LogP contribution < -0.4 is 5.73 Å². The molecule has 0 radical (unpaired) electrons. The molecule has 2 heterocycles. The Labute approximate surface area is 174 Å². The van der Waals surface area contributed by atoms with Gasteiger partial charge in [-0.2, -0.15) is 0 Å². The lowest BCUT2D eigenvalue weighted by atomic mass is 10.1. The third kappa shape index (κ3) is 5.32. The van der Waals surface area contributed by atoms with Crippen LogP contribution in [0.1, 0.15) is 29.6 Å². The maximum atomic E-state index is 12.2. The first-order chi connectivity index (χ1) is 13.5. The molecule has 9 heteroatoms. The van der Waals surface area contributed by atoms with Gasteiger partial charge in [-0.25, -0.2) is 0 Å². The molecule has 0 saturated carbocycles. The van der Waals surface area contributed by atoms with Crippen molar-refractivity contribution in [1.82, 2.24) is 14.8 Å². The van der Waals surface area contributed by atoms with Gasteiger partial charge < -0.3 is 10.2 Å². The normalized spacial score (nSPS) is 10.9. The molecule has 2 N–H and O–H groups in total. The third-order valence-electron chi connectivity index (χ3n) is 3.99. The molecular weight excluding hydrogens is 444 g/mol. The molecule has 1 aromatic carbocycles. The number of thioether (sulfide) groups is 1. The number of carbonyl (C=O) groups excluding carboxylic acids is 2. The lowest BCUT2D eigenvalue weighted by Gasteiger charge is -2.08. The number of hydrogen-bond acceptors (Lipinski definition) is 6. The molecule has 0 saturated heterocycles. The van der Waals surface area contributed by atoms with Crippen LogP contribution in [0.2, 0.25) is 0 Å². The zero-order valence-electron chi connectivity index (χ0n) is 15.0. The molecule has 0 aliphatic rings. The predicted molar refractivity (Wildman–Crippen MR) is 110 cm³/mol. The van der Waals surface area contributed by atoms with Gasteiger partial charge >= 0.3 is 0 Å². The molecule has 0 bridgehead atoms. The van der Waals surface area contributed by atoms with E-state index in [-0.39, 0.29) is 12.2 Å². The number of rotatable bonds is 10. The molecule has 0 aliphatic heterocycles. The highest BCUT2D eigenvalue weighted by atomic mass is 79.9. The first-order valence-electron chi connectivity index (χ1n) is 8.71. The summed E-state index contributed by atoms with van der Waals surface area (Å²) in [5.74, 6) is 1.55. The lowest BCUT2D eigenvalue weighted by molar-refractivity contribution is -0.118. The van der Waals surface area contributed by atoms with Gasteiger partial charge in [-0.05, 0) is 30.7 Å². The van der Waals surface area contributed by atoms with Gasteiger partial charge in [-0.1, -0.05) is 39.8 Å². The molecule has 1 amide bonds. The number of amides is 1. The summed E-state index contributed by atoms with van der Waals surface area (Å²) in [6.45, 7) is 0.374. The Kier molecular flexibility index (Phi) is 7.05. The smallest absolute Gasteiger partial charge is 0.219 e. The van der Waals surface area contributed by atoms with Crippen molar-refractivity contribution in [2.24, 2.45) is 5.73 Å². The number of carbonyl (C=O) groups is 2. The van der Waals surface area contributed by atoms with Gasteiger partial charge in [0.2, 0.25) is 5.91 Å². The number of hydrogen-bond donors (Lipinski definition) is 1. The van der Waals surface area contributed by atoms with Crippen LogP contribution in [0.3, 0.4) is 0 Å². The third-order valence-corrected chi connectivity index (χ3v) is 5.57. The van der Waals surface area contributed by atoms with Crippen molar-refractivity contribution in [3.05, 3.63) is 52.7 Å². The highest BCUT2D eigenvalue weighted by molar-refractivity contribution is 9.10. The Morgan fingerprint density at radius 3 is 2.61 bits per heavy atom. The van der Waals surface area contributed by atoms with E-state index in [1.165, 1.54) is 11.8 Å². The molecule has 0 atom stereocenters. The van der Waals surface area contributed by atoms with E-state index in [1.807, 2.05) is 28.8 Å². The Balaban J connectivity index is 1.59. The van der Waals surface area contributed by atoms with Crippen LogP contribution >= 0.6 is 27.7 Å². The summed E-state index contributed by atoms with van der Waals surface area (Å²) in [7, 11) is 0. The molecule has 0 aliphatic carbocycles. The minimum Gasteiger partial charge on any atom is -0.461 e. The fourth-order valence-electron chi connectivity index (χ4n) is 2.58. The molecular formula is C19H19BrN4O3S. The van der Waals surface area contributed by atoms with Crippen LogP contribution in [0.5, 0.6) is 0 Å². The van der Waals surface area contributed by atoms with E-state index in [4.69, 9.17) is 10.2 Å². The molecule has 3 aromatic rings. The lowest BCUT2D eigenvalue weighted by Crippen LogP contribution is -2.15. The van der Waals surface area contributed by atoms with Crippen molar-refractivity contribution in [3.63, 3.8) is 0 Å². The van der Waals surface area contributed by atoms with Crippen LogP contribution in [0, 0.1) is 0 Å². The number of benzene rings is 1. The van der Waals surface area contributed by atoms with E-state index in [1.54, 1.807) is 18.4 Å². The Morgan fingerprint density at radius 2 is 1.93 bits per heavy atom. The van der Waals surface area contributed by atoms with E-state index in [0.717, 1.165) is 4.47 Å². The number of aromatic nitrogens is 3. The highest BCUT2D eigenvalue weighted by Gasteiger charge is 2.17. The second-order valence-electron chi connectivity index (χ2n) is 6.03. The maximum Gasteiger partial charge on any atom is 0.219 e. The summed E-state index contributed by atoms with van der Waals surface area (Å²) in [4.78, 5) is 23.4. The molecule has 3 rings (SSSR count). The number of primary amides is 1. The Hall–Kier alpha value is -2.39. The average Bonchev–Trinajstić information content (AvgIpc) is 3.33. The number of Topliss-reactive ketones (excluding diaryl/α,β-unsaturated/α-hetero) is 1. The molecule has 146 valence electrons. The fraction of sp³-hybridized carbons (Fsp3) is 0.263. The highest BCUT2D eigenvalue weighted by Crippen LogP contribution is 2.25. The first kappa shape index (κ1) is 20.3. The van der Waals surface area contributed by atoms with E-state index < -0.39 is 5.91 Å². The summed E-state index contributed by atoms with van der Waals surface area (Å²) in [6.07, 6.45) is 2.90. The number of nitrogens with zero attached hydrogens (tertiary/aromatic N) is 3. The van der Waals surface area contributed by atoms with Crippen LogP contribution in [0.4, 0.5) is 0 Å². The van der Waals surface area contributed by atoms with Crippen LogP contribution in [-0.4, -0.2) is 32.2 Å². The van der Waals surface area contributed by atoms with E-state index >= 15 is 0 Å². The fourth-order valence-corrected chi connectivity index (χ4v) is 3.75. The van der Waals surface area contributed by atoms with Crippen LogP contribution in [0.15, 0.2) is 56.7 Å². The molecule has 0 spiro atoms. The number of halogens is 1. The summed E-state index contributed by atoms with van der Waals surface area (Å²) < 4.78 is 8.17. The monoisotopic (exact) mass is 462 g/mol.